The second kappa shape index (κ2) is 8.46. The van der Waals surface area contributed by atoms with Gasteiger partial charge in [-0.1, -0.05) is 0 Å². The molecule has 6 nitrogen and oxygen atoms in total. The van der Waals surface area contributed by atoms with Gasteiger partial charge >= 0.3 is 0 Å². The van der Waals surface area contributed by atoms with Crippen molar-refractivity contribution in [1.29, 1.82) is 0 Å². The molecule has 2 aromatic heterocycles. The third kappa shape index (κ3) is 4.15. The zero-order valence-corrected chi connectivity index (χ0v) is 17.7. The summed E-state index contributed by atoms with van der Waals surface area (Å²) >= 11 is 0. The Labute approximate surface area is 182 Å². The number of aromatic nitrogens is 3. The smallest absolute Gasteiger partial charge is 0.253 e. The minimum absolute atomic E-state index is 0.0804. The summed E-state index contributed by atoms with van der Waals surface area (Å²) in [7, 11) is 1.63. The van der Waals surface area contributed by atoms with Crippen LogP contribution in [0.3, 0.4) is 0 Å². The van der Waals surface area contributed by atoms with Gasteiger partial charge in [-0.25, -0.2) is 9.97 Å². The van der Waals surface area contributed by atoms with E-state index in [9.17, 15) is 4.79 Å². The van der Waals surface area contributed by atoms with E-state index >= 15 is 0 Å². The fraction of sp³-hybridized carbons (Fsp3) is 0.360. The molecule has 31 heavy (non-hydrogen) atoms. The lowest BCUT2D eigenvalue weighted by Crippen LogP contribution is -2.38. The van der Waals surface area contributed by atoms with Gasteiger partial charge in [0.05, 0.1) is 12.8 Å². The van der Waals surface area contributed by atoms with Crippen LogP contribution in [0.2, 0.25) is 0 Å². The normalized spacial score (nSPS) is 16.9. The SMILES string of the molecule is COc1ccc(C(=O)N2CCC(c3nc(C4CC4)ncc3-c3ccncc3)CC2)cc1. The Morgan fingerprint density at radius 2 is 1.68 bits per heavy atom. The van der Waals surface area contributed by atoms with Gasteiger partial charge < -0.3 is 9.64 Å². The third-order valence-electron chi connectivity index (χ3n) is 6.28. The maximum Gasteiger partial charge on any atom is 0.253 e. The second-order valence-corrected chi connectivity index (χ2v) is 8.33. The molecule has 0 spiro atoms. The quantitative estimate of drug-likeness (QED) is 0.617. The van der Waals surface area contributed by atoms with E-state index in [1.807, 2.05) is 59.9 Å². The molecule has 2 aliphatic rings. The molecule has 0 bridgehead atoms. The van der Waals surface area contributed by atoms with E-state index in [2.05, 4.69) is 9.97 Å². The van der Waals surface area contributed by atoms with Gasteiger partial charge in [0, 0.05) is 54.6 Å². The molecule has 1 saturated heterocycles. The molecule has 0 radical (unpaired) electrons. The number of amides is 1. The molecule has 1 aromatic carbocycles. The highest BCUT2D eigenvalue weighted by molar-refractivity contribution is 5.94. The van der Waals surface area contributed by atoms with Crippen molar-refractivity contribution in [2.45, 2.75) is 37.5 Å². The summed E-state index contributed by atoms with van der Waals surface area (Å²) in [5, 5.41) is 0. The zero-order valence-electron chi connectivity index (χ0n) is 17.7. The van der Waals surface area contributed by atoms with Crippen LogP contribution in [0.5, 0.6) is 5.75 Å². The third-order valence-corrected chi connectivity index (χ3v) is 6.28. The first-order valence-electron chi connectivity index (χ1n) is 10.9. The van der Waals surface area contributed by atoms with Crippen molar-refractivity contribution < 1.29 is 9.53 Å². The number of benzene rings is 1. The number of carbonyl (C=O) groups excluding carboxylic acids is 1. The van der Waals surface area contributed by atoms with Crippen molar-refractivity contribution in [2.24, 2.45) is 0 Å². The van der Waals surface area contributed by atoms with Gasteiger partial charge in [-0.05, 0) is 67.6 Å². The predicted octanol–water partition coefficient (Wildman–Crippen LogP) is 4.44. The fourth-order valence-electron chi connectivity index (χ4n) is 4.28. The Bertz CT molecular complexity index is 1060. The predicted molar refractivity (Wildman–Crippen MR) is 118 cm³/mol. The Morgan fingerprint density at radius 3 is 2.32 bits per heavy atom. The highest BCUT2D eigenvalue weighted by Crippen LogP contribution is 2.40. The first kappa shape index (κ1) is 19.7. The summed E-state index contributed by atoms with van der Waals surface area (Å²) in [5.74, 6) is 2.65. The molecule has 0 atom stereocenters. The van der Waals surface area contributed by atoms with Crippen LogP contribution in [0, 0.1) is 0 Å². The fourth-order valence-corrected chi connectivity index (χ4v) is 4.28. The van der Waals surface area contributed by atoms with Crippen LogP contribution < -0.4 is 4.74 Å². The van der Waals surface area contributed by atoms with Crippen LogP contribution in [-0.2, 0) is 0 Å². The summed E-state index contributed by atoms with van der Waals surface area (Å²) in [6, 6.07) is 11.4. The van der Waals surface area contributed by atoms with Crippen LogP contribution in [0.4, 0.5) is 0 Å². The maximum atomic E-state index is 12.9. The molecule has 1 aliphatic heterocycles. The average molecular weight is 415 g/mol. The zero-order chi connectivity index (χ0) is 21.2. The molecule has 0 unspecified atom stereocenters. The topological polar surface area (TPSA) is 68.2 Å². The molecule has 3 heterocycles. The van der Waals surface area contributed by atoms with E-state index in [-0.39, 0.29) is 5.91 Å². The number of carbonyl (C=O) groups is 1. The molecule has 0 N–H and O–H groups in total. The van der Waals surface area contributed by atoms with E-state index in [1.54, 1.807) is 7.11 Å². The molecular weight excluding hydrogens is 388 g/mol. The van der Waals surface area contributed by atoms with E-state index in [1.165, 1.54) is 12.8 Å². The lowest BCUT2D eigenvalue weighted by Gasteiger charge is -2.32. The highest BCUT2D eigenvalue weighted by Gasteiger charge is 2.31. The molecule has 1 saturated carbocycles. The highest BCUT2D eigenvalue weighted by atomic mass is 16.5. The number of nitrogens with zero attached hydrogens (tertiary/aromatic N) is 4. The van der Waals surface area contributed by atoms with Crippen molar-refractivity contribution in [3.63, 3.8) is 0 Å². The van der Waals surface area contributed by atoms with Gasteiger partial charge in [0.25, 0.3) is 5.91 Å². The average Bonchev–Trinajstić information content (AvgIpc) is 3.70. The molecule has 1 amide bonds. The van der Waals surface area contributed by atoms with Gasteiger partial charge in [0.1, 0.15) is 11.6 Å². The minimum atomic E-state index is 0.0804. The Balaban J connectivity index is 1.35. The lowest BCUT2D eigenvalue weighted by atomic mass is 9.88. The second-order valence-electron chi connectivity index (χ2n) is 8.33. The van der Waals surface area contributed by atoms with Crippen LogP contribution in [0.15, 0.2) is 55.0 Å². The van der Waals surface area contributed by atoms with Crippen molar-refractivity contribution in [3.8, 4) is 16.9 Å². The number of hydrogen-bond donors (Lipinski definition) is 0. The largest absolute Gasteiger partial charge is 0.497 e. The van der Waals surface area contributed by atoms with Gasteiger partial charge in [-0.2, -0.15) is 0 Å². The summed E-state index contributed by atoms with van der Waals surface area (Å²) in [6.45, 7) is 1.46. The van der Waals surface area contributed by atoms with Crippen LogP contribution in [-0.4, -0.2) is 46.0 Å². The van der Waals surface area contributed by atoms with Crippen LogP contribution in [0.25, 0.3) is 11.1 Å². The van der Waals surface area contributed by atoms with Crippen molar-refractivity contribution in [2.75, 3.05) is 20.2 Å². The van der Waals surface area contributed by atoms with Crippen molar-refractivity contribution in [1.82, 2.24) is 19.9 Å². The summed E-state index contributed by atoms with van der Waals surface area (Å²) in [4.78, 5) is 28.7. The number of likely N-dealkylation sites (tertiary alicyclic amines) is 1. The van der Waals surface area contributed by atoms with Gasteiger partial charge in [0.2, 0.25) is 0 Å². The molecule has 1 aliphatic carbocycles. The van der Waals surface area contributed by atoms with Gasteiger partial charge in [0.15, 0.2) is 0 Å². The number of piperidine rings is 1. The standard InChI is InChI=1S/C25H26N4O2/c1-31-21-6-4-20(5-7-21)25(30)29-14-10-18(11-15-29)23-22(17-8-12-26-13-9-17)16-27-24(28-23)19-2-3-19/h4-9,12-13,16,18-19H,2-3,10-11,14-15H2,1H3. The number of hydrogen-bond acceptors (Lipinski definition) is 5. The van der Waals surface area contributed by atoms with Crippen molar-refractivity contribution in [3.05, 3.63) is 72.1 Å². The van der Waals surface area contributed by atoms with Crippen molar-refractivity contribution >= 4 is 5.91 Å². The van der Waals surface area contributed by atoms with E-state index < -0.39 is 0 Å². The van der Waals surface area contributed by atoms with Gasteiger partial charge in [-0.3, -0.25) is 9.78 Å². The van der Waals surface area contributed by atoms with Crippen LogP contribution >= 0.6 is 0 Å². The summed E-state index contributed by atoms with van der Waals surface area (Å²) in [5.41, 5.74) is 4.02. The van der Waals surface area contributed by atoms with E-state index in [0.717, 1.165) is 54.3 Å². The summed E-state index contributed by atoms with van der Waals surface area (Å²) < 4.78 is 5.20. The monoisotopic (exact) mass is 414 g/mol. The molecule has 5 rings (SSSR count). The van der Waals surface area contributed by atoms with E-state index in [0.29, 0.717) is 17.4 Å². The Hall–Kier alpha value is -3.28. The number of rotatable bonds is 5. The molecule has 2 fully saturated rings. The van der Waals surface area contributed by atoms with Crippen LogP contribution in [0.1, 0.15) is 59.4 Å². The number of ether oxygens (including phenoxy) is 1. The van der Waals surface area contributed by atoms with E-state index in [4.69, 9.17) is 9.72 Å². The molecule has 158 valence electrons. The molecule has 6 heteroatoms. The lowest BCUT2D eigenvalue weighted by molar-refractivity contribution is 0.0712. The number of methoxy groups -OCH3 is 1. The van der Waals surface area contributed by atoms with Gasteiger partial charge in [-0.15, -0.1) is 0 Å². The maximum absolute atomic E-state index is 12.9. The number of pyridine rings is 1. The Morgan fingerprint density at radius 1 is 0.968 bits per heavy atom. The minimum Gasteiger partial charge on any atom is -0.497 e. The molecular formula is C25H26N4O2. The first-order valence-corrected chi connectivity index (χ1v) is 10.9. The Kier molecular flexibility index (Phi) is 5.37. The molecule has 3 aromatic rings. The summed E-state index contributed by atoms with van der Waals surface area (Å²) in [6.07, 6.45) is 9.78. The first-order chi connectivity index (χ1) is 15.2.